The molecule has 0 unspecified atom stereocenters. The van der Waals surface area contributed by atoms with Crippen LogP contribution in [0.2, 0.25) is 0 Å². The third-order valence-electron chi connectivity index (χ3n) is 2.72. The van der Waals surface area contributed by atoms with Gasteiger partial charge in [0.25, 0.3) is 0 Å². The van der Waals surface area contributed by atoms with E-state index in [0.29, 0.717) is 0 Å². The van der Waals surface area contributed by atoms with Crippen LogP contribution < -0.4 is 21.5 Å². The van der Waals surface area contributed by atoms with Gasteiger partial charge in [-0.1, -0.05) is 25.3 Å². The molecule has 0 bridgehead atoms. The average molecular weight is 281 g/mol. The van der Waals surface area contributed by atoms with E-state index in [1.807, 2.05) is 24.3 Å². The maximum Gasteiger partial charge on any atom is 0.168 e. The van der Waals surface area contributed by atoms with Crippen molar-refractivity contribution in [2.75, 3.05) is 18.5 Å². The SMILES string of the molecule is NCCCCCCCOc1cccc(NC(N)=S)c1. The fourth-order valence-corrected chi connectivity index (χ4v) is 1.89. The largest absolute Gasteiger partial charge is 0.494 e. The van der Waals surface area contributed by atoms with Gasteiger partial charge in [-0.3, -0.25) is 0 Å². The maximum atomic E-state index is 5.69. The van der Waals surface area contributed by atoms with Gasteiger partial charge in [-0.2, -0.15) is 0 Å². The van der Waals surface area contributed by atoms with Crippen molar-refractivity contribution in [2.45, 2.75) is 32.1 Å². The van der Waals surface area contributed by atoms with Gasteiger partial charge in [0.05, 0.1) is 6.61 Å². The highest BCUT2D eigenvalue weighted by atomic mass is 32.1. The molecule has 0 radical (unpaired) electrons. The summed E-state index contributed by atoms with van der Waals surface area (Å²) in [6.45, 7) is 1.53. The zero-order valence-electron chi connectivity index (χ0n) is 11.2. The summed E-state index contributed by atoms with van der Waals surface area (Å²) < 4.78 is 5.69. The Morgan fingerprint density at radius 3 is 2.63 bits per heavy atom. The van der Waals surface area contributed by atoms with E-state index in [1.165, 1.54) is 19.3 Å². The summed E-state index contributed by atoms with van der Waals surface area (Å²) in [5.74, 6) is 0.836. The standard InChI is InChI=1S/C14H23N3OS/c15-9-4-2-1-3-5-10-18-13-8-6-7-12(11-13)17-14(16)19/h6-8,11H,1-5,9-10,15H2,(H3,16,17,19). The molecule has 1 aromatic rings. The lowest BCUT2D eigenvalue weighted by molar-refractivity contribution is 0.304. The minimum absolute atomic E-state index is 0.261. The fraction of sp³-hybridized carbons (Fsp3) is 0.500. The summed E-state index contributed by atoms with van der Waals surface area (Å²) in [5, 5.41) is 3.15. The van der Waals surface area contributed by atoms with Gasteiger partial charge in [0, 0.05) is 11.8 Å². The van der Waals surface area contributed by atoms with Crippen LogP contribution in [0.1, 0.15) is 32.1 Å². The third kappa shape index (κ3) is 7.64. The number of thiocarbonyl (C=S) groups is 1. The minimum Gasteiger partial charge on any atom is -0.494 e. The molecule has 0 spiro atoms. The monoisotopic (exact) mass is 281 g/mol. The Balaban J connectivity index is 2.20. The number of hydrogen-bond donors (Lipinski definition) is 3. The molecular weight excluding hydrogens is 258 g/mol. The molecule has 0 atom stereocenters. The van der Waals surface area contributed by atoms with E-state index in [0.717, 1.165) is 37.4 Å². The van der Waals surface area contributed by atoms with E-state index in [-0.39, 0.29) is 5.11 Å². The second-order valence-corrected chi connectivity index (χ2v) is 4.86. The second kappa shape index (κ2) is 9.58. The number of unbranched alkanes of at least 4 members (excludes halogenated alkanes) is 4. The van der Waals surface area contributed by atoms with Gasteiger partial charge in [0.15, 0.2) is 5.11 Å². The van der Waals surface area contributed by atoms with Crippen molar-refractivity contribution in [3.63, 3.8) is 0 Å². The first-order valence-corrected chi connectivity index (χ1v) is 7.12. The number of ether oxygens (including phenoxy) is 1. The smallest absolute Gasteiger partial charge is 0.168 e. The first kappa shape index (κ1) is 15.7. The Hall–Kier alpha value is -1.33. The number of anilines is 1. The van der Waals surface area contributed by atoms with Crippen LogP contribution in [-0.4, -0.2) is 18.3 Å². The normalized spacial score (nSPS) is 10.2. The summed E-state index contributed by atoms with van der Waals surface area (Å²) in [5.41, 5.74) is 11.7. The molecule has 0 heterocycles. The Kier molecular flexibility index (Phi) is 7.93. The topological polar surface area (TPSA) is 73.3 Å². The highest BCUT2D eigenvalue weighted by molar-refractivity contribution is 7.80. The molecule has 5 heteroatoms. The van der Waals surface area contributed by atoms with Gasteiger partial charge >= 0.3 is 0 Å². The molecule has 0 aromatic heterocycles. The molecule has 1 aromatic carbocycles. The van der Waals surface area contributed by atoms with Gasteiger partial charge < -0.3 is 21.5 Å². The van der Waals surface area contributed by atoms with Crippen LogP contribution in [0.4, 0.5) is 5.69 Å². The van der Waals surface area contributed by atoms with Crippen molar-refractivity contribution in [2.24, 2.45) is 11.5 Å². The first-order chi connectivity index (χ1) is 9.22. The highest BCUT2D eigenvalue weighted by Gasteiger charge is 1.98. The Bertz CT molecular complexity index is 385. The summed E-state index contributed by atoms with van der Waals surface area (Å²) in [6, 6.07) is 7.64. The quantitative estimate of drug-likeness (QED) is 0.479. The molecule has 1 rings (SSSR count). The lowest BCUT2D eigenvalue weighted by Crippen LogP contribution is -2.18. The number of benzene rings is 1. The lowest BCUT2D eigenvalue weighted by Gasteiger charge is -2.08. The van der Waals surface area contributed by atoms with Gasteiger partial charge in [-0.15, -0.1) is 0 Å². The van der Waals surface area contributed by atoms with E-state index in [2.05, 4.69) is 5.32 Å². The van der Waals surface area contributed by atoms with Crippen molar-refractivity contribution in [3.05, 3.63) is 24.3 Å². The Morgan fingerprint density at radius 1 is 1.16 bits per heavy atom. The molecular formula is C14H23N3OS. The number of nitrogens with two attached hydrogens (primary N) is 2. The van der Waals surface area contributed by atoms with Crippen molar-refractivity contribution in [1.82, 2.24) is 0 Å². The van der Waals surface area contributed by atoms with E-state index < -0.39 is 0 Å². The fourth-order valence-electron chi connectivity index (χ4n) is 1.77. The van der Waals surface area contributed by atoms with Crippen LogP contribution in [0.3, 0.4) is 0 Å². The Morgan fingerprint density at radius 2 is 1.89 bits per heavy atom. The third-order valence-corrected chi connectivity index (χ3v) is 2.82. The van der Waals surface area contributed by atoms with Crippen molar-refractivity contribution in [3.8, 4) is 5.75 Å². The summed E-state index contributed by atoms with van der Waals surface area (Å²) in [4.78, 5) is 0. The second-order valence-electron chi connectivity index (χ2n) is 4.42. The van der Waals surface area contributed by atoms with Crippen LogP contribution in [0.15, 0.2) is 24.3 Å². The molecule has 0 aliphatic rings. The Labute approximate surface area is 120 Å². The van der Waals surface area contributed by atoms with Gasteiger partial charge in [0.2, 0.25) is 0 Å². The molecule has 0 aliphatic heterocycles. The van der Waals surface area contributed by atoms with Crippen molar-refractivity contribution >= 4 is 23.0 Å². The minimum atomic E-state index is 0.261. The van der Waals surface area contributed by atoms with Crippen molar-refractivity contribution < 1.29 is 4.74 Å². The number of rotatable bonds is 9. The van der Waals surface area contributed by atoms with E-state index in [9.17, 15) is 0 Å². The van der Waals surface area contributed by atoms with Crippen LogP contribution in [-0.2, 0) is 0 Å². The van der Waals surface area contributed by atoms with E-state index in [1.54, 1.807) is 0 Å². The van der Waals surface area contributed by atoms with Crippen LogP contribution in [0, 0.1) is 0 Å². The molecule has 4 nitrogen and oxygen atoms in total. The van der Waals surface area contributed by atoms with Crippen LogP contribution in [0.25, 0.3) is 0 Å². The molecule has 106 valence electrons. The molecule has 0 saturated carbocycles. The number of hydrogen-bond acceptors (Lipinski definition) is 3. The maximum absolute atomic E-state index is 5.69. The molecule has 0 saturated heterocycles. The van der Waals surface area contributed by atoms with E-state index in [4.69, 9.17) is 28.4 Å². The lowest BCUT2D eigenvalue weighted by atomic mass is 10.1. The highest BCUT2D eigenvalue weighted by Crippen LogP contribution is 2.17. The van der Waals surface area contributed by atoms with E-state index >= 15 is 0 Å². The average Bonchev–Trinajstić information content (AvgIpc) is 2.37. The summed E-state index contributed by atoms with van der Waals surface area (Å²) in [6.07, 6.45) is 5.81. The summed E-state index contributed by atoms with van der Waals surface area (Å²) >= 11 is 4.79. The number of nitrogens with one attached hydrogen (secondary N) is 1. The zero-order valence-corrected chi connectivity index (χ0v) is 12.0. The van der Waals surface area contributed by atoms with Crippen molar-refractivity contribution in [1.29, 1.82) is 0 Å². The van der Waals surface area contributed by atoms with Gasteiger partial charge in [0.1, 0.15) is 5.75 Å². The zero-order chi connectivity index (χ0) is 13.9. The molecule has 0 aliphatic carbocycles. The molecule has 0 fully saturated rings. The summed E-state index contributed by atoms with van der Waals surface area (Å²) in [7, 11) is 0. The van der Waals surface area contributed by atoms with Gasteiger partial charge in [-0.25, -0.2) is 0 Å². The molecule has 0 amide bonds. The first-order valence-electron chi connectivity index (χ1n) is 6.72. The predicted octanol–water partition coefficient (Wildman–Crippen LogP) is 2.63. The van der Waals surface area contributed by atoms with Gasteiger partial charge in [-0.05, 0) is 43.7 Å². The molecule has 19 heavy (non-hydrogen) atoms. The van der Waals surface area contributed by atoms with Crippen LogP contribution >= 0.6 is 12.2 Å². The predicted molar refractivity (Wildman–Crippen MR) is 84.5 cm³/mol. The van der Waals surface area contributed by atoms with Crippen LogP contribution in [0.5, 0.6) is 5.75 Å². The molecule has 5 N–H and O–H groups in total.